The van der Waals surface area contributed by atoms with Crippen molar-refractivity contribution in [3.8, 4) is 0 Å². The van der Waals surface area contributed by atoms with Crippen LogP contribution in [0.4, 0.5) is 4.39 Å². The van der Waals surface area contributed by atoms with E-state index in [-0.39, 0.29) is 11.4 Å². The van der Waals surface area contributed by atoms with Gasteiger partial charge in [0.1, 0.15) is 11.0 Å². The van der Waals surface area contributed by atoms with E-state index in [9.17, 15) is 4.39 Å². The number of pyridine rings is 1. The number of aromatic nitrogens is 1. The number of hydrogen-bond acceptors (Lipinski definition) is 2. The molecule has 2 nitrogen and oxygen atoms in total. The van der Waals surface area contributed by atoms with Gasteiger partial charge in [0.25, 0.3) is 0 Å². The molecule has 1 spiro atoms. The summed E-state index contributed by atoms with van der Waals surface area (Å²) in [4.78, 5) is 4.19. The van der Waals surface area contributed by atoms with Crippen molar-refractivity contribution in [1.29, 1.82) is 0 Å². The van der Waals surface area contributed by atoms with Crippen molar-refractivity contribution >= 4 is 11.6 Å². The third kappa shape index (κ3) is 1.63. The van der Waals surface area contributed by atoms with Crippen LogP contribution >= 0.6 is 11.6 Å². The topological polar surface area (TPSA) is 24.9 Å². The summed E-state index contributed by atoms with van der Waals surface area (Å²) in [5.74, 6) is -0.162. The van der Waals surface area contributed by atoms with Crippen LogP contribution < -0.4 is 5.32 Å². The van der Waals surface area contributed by atoms with E-state index >= 15 is 0 Å². The molecule has 0 saturated carbocycles. The van der Waals surface area contributed by atoms with Gasteiger partial charge < -0.3 is 5.32 Å². The molecule has 1 atom stereocenters. The van der Waals surface area contributed by atoms with Crippen molar-refractivity contribution in [1.82, 2.24) is 10.3 Å². The van der Waals surface area contributed by atoms with Gasteiger partial charge in [-0.25, -0.2) is 9.37 Å². The molecule has 1 aromatic carbocycles. The van der Waals surface area contributed by atoms with E-state index < -0.39 is 0 Å². The standard InChI is InChI=1S/C16H14ClFN2/c17-15-8-14-11(9-19-15)4-6-20-16(14)5-3-10-7-12(18)1-2-13(10)16/h1-2,7-9,20H,3-6H2. The van der Waals surface area contributed by atoms with E-state index in [2.05, 4.69) is 10.3 Å². The monoisotopic (exact) mass is 288 g/mol. The Bertz CT molecular complexity index is 701. The van der Waals surface area contributed by atoms with E-state index in [1.54, 1.807) is 12.1 Å². The van der Waals surface area contributed by atoms with Crippen LogP contribution in [0, 0.1) is 5.82 Å². The maximum Gasteiger partial charge on any atom is 0.129 e. The lowest BCUT2D eigenvalue weighted by Gasteiger charge is -2.38. The molecule has 1 aliphatic heterocycles. The zero-order valence-electron chi connectivity index (χ0n) is 10.9. The second-order valence-corrected chi connectivity index (χ2v) is 5.93. The molecule has 0 fully saturated rings. The van der Waals surface area contributed by atoms with Crippen molar-refractivity contribution in [3.05, 3.63) is 63.7 Å². The minimum atomic E-state index is -0.219. The van der Waals surface area contributed by atoms with E-state index in [0.717, 1.165) is 31.4 Å². The summed E-state index contributed by atoms with van der Waals surface area (Å²) in [6.07, 6.45) is 4.66. The normalized spacial score (nSPS) is 23.7. The maximum atomic E-state index is 13.4. The number of nitrogens with one attached hydrogen (secondary N) is 1. The van der Waals surface area contributed by atoms with Crippen LogP contribution in [0.2, 0.25) is 5.15 Å². The van der Waals surface area contributed by atoms with Gasteiger partial charge in [-0.2, -0.15) is 0 Å². The third-order valence-corrected chi connectivity index (χ3v) is 4.74. The Morgan fingerprint density at radius 1 is 1.15 bits per heavy atom. The Morgan fingerprint density at radius 3 is 2.95 bits per heavy atom. The van der Waals surface area contributed by atoms with Crippen LogP contribution in [-0.4, -0.2) is 11.5 Å². The minimum absolute atomic E-state index is 0.162. The van der Waals surface area contributed by atoms with Gasteiger partial charge in [0.05, 0.1) is 5.54 Å². The fourth-order valence-electron chi connectivity index (χ4n) is 3.67. The van der Waals surface area contributed by atoms with Gasteiger partial charge >= 0.3 is 0 Å². The molecule has 102 valence electrons. The summed E-state index contributed by atoms with van der Waals surface area (Å²) in [6.45, 7) is 0.910. The molecule has 2 aliphatic rings. The van der Waals surface area contributed by atoms with Crippen LogP contribution in [0.3, 0.4) is 0 Å². The first kappa shape index (κ1) is 12.3. The molecular weight excluding hydrogens is 275 g/mol. The number of rotatable bonds is 0. The molecule has 1 aliphatic carbocycles. The fourth-order valence-corrected chi connectivity index (χ4v) is 3.82. The first-order valence-corrected chi connectivity index (χ1v) is 7.26. The first-order valence-electron chi connectivity index (χ1n) is 6.88. The molecule has 1 unspecified atom stereocenters. The van der Waals surface area contributed by atoms with Crippen LogP contribution in [-0.2, 0) is 18.4 Å². The van der Waals surface area contributed by atoms with Crippen LogP contribution in [0.25, 0.3) is 0 Å². The average molecular weight is 289 g/mol. The van der Waals surface area contributed by atoms with Gasteiger partial charge in [-0.1, -0.05) is 17.7 Å². The molecule has 4 rings (SSSR count). The lowest BCUT2D eigenvalue weighted by atomic mass is 9.79. The highest BCUT2D eigenvalue weighted by Crippen LogP contribution is 2.45. The summed E-state index contributed by atoms with van der Waals surface area (Å²) in [5, 5.41) is 4.16. The summed E-state index contributed by atoms with van der Waals surface area (Å²) >= 11 is 6.09. The molecule has 1 aromatic heterocycles. The SMILES string of the molecule is Fc1ccc2c(c1)CCC21NCCc2cnc(Cl)cc21. The third-order valence-electron chi connectivity index (χ3n) is 4.53. The second kappa shape index (κ2) is 4.27. The highest BCUT2D eigenvalue weighted by Gasteiger charge is 2.43. The lowest BCUT2D eigenvalue weighted by molar-refractivity contribution is 0.377. The van der Waals surface area contributed by atoms with Crippen LogP contribution in [0.1, 0.15) is 28.7 Å². The molecular formula is C16H14ClFN2. The molecule has 2 aromatic rings. The summed E-state index contributed by atoms with van der Waals surface area (Å²) in [5.41, 5.74) is 4.50. The first-order chi connectivity index (χ1) is 9.69. The largest absolute Gasteiger partial charge is 0.303 e. The molecule has 20 heavy (non-hydrogen) atoms. The summed E-state index contributed by atoms with van der Waals surface area (Å²) < 4.78 is 13.4. The molecule has 2 heterocycles. The molecule has 0 radical (unpaired) electrons. The minimum Gasteiger partial charge on any atom is -0.303 e. The van der Waals surface area contributed by atoms with E-state index in [1.165, 1.54) is 16.7 Å². The number of nitrogens with zero attached hydrogens (tertiary/aromatic N) is 1. The summed E-state index contributed by atoms with van der Waals surface area (Å²) in [6, 6.07) is 7.07. The number of aryl methyl sites for hydroxylation is 1. The van der Waals surface area contributed by atoms with Gasteiger partial charge in [0.2, 0.25) is 0 Å². The Balaban J connectivity index is 1.95. The highest BCUT2D eigenvalue weighted by atomic mass is 35.5. The van der Waals surface area contributed by atoms with Crippen molar-refractivity contribution in [2.24, 2.45) is 0 Å². The number of fused-ring (bicyclic) bond motifs is 4. The number of benzene rings is 1. The second-order valence-electron chi connectivity index (χ2n) is 5.55. The maximum absolute atomic E-state index is 13.4. The van der Waals surface area contributed by atoms with Gasteiger partial charge in [-0.05, 0) is 59.7 Å². The zero-order valence-corrected chi connectivity index (χ0v) is 11.7. The highest BCUT2D eigenvalue weighted by molar-refractivity contribution is 6.29. The lowest BCUT2D eigenvalue weighted by Crippen LogP contribution is -2.46. The smallest absolute Gasteiger partial charge is 0.129 e. The Hall–Kier alpha value is -1.45. The molecule has 0 saturated heterocycles. The Morgan fingerprint density at radius 2 is 2.05 bits per heavy atom. The quantitative estimate of drug-likeness (QED) is 0.753. The number of hydrogen-bond donors (Lipinski definition) is 1. The molecule has 4 heteroatoms. The van der Waals surface area contributed by atoms with E-state index in [0.29, 0.717) is 5.15 Å². The molecule has 0 bridgehead atoms. The Kier molecular flexibility index (Phi) is 2.63. The molecule has 1 N–H and O–H groups in total. The predicted molar refractivity (Wildman–Crippen MR) is 76.5 cm³/mol. The predicted octanol–water partition coefficient (Wildman–Crippen LogP) is 3.21. The molecule has 0 amide bonds. The van der Waals surface area contributed by atoms with E-state index in [1.807, 2.05) is 18.3 Å². The summed E-state index contributed by atoms with van der Waals surface area (Å²) in [7, 11) is 0. The number of halogens is 2. The zero-order chi connectivity index (χ0) is 13.7. The van der Waals surface area contributed by atoms with Gasteiger partial charge in [-0.15, -0.1) is 0 Å². The van der Waals surface area contributed by atoms with Gasteiger partial charge in [-0.3, -0.25) is 0 Å². The van der Waals surface area contributed by atoms with Crippen molar-refractivity contribution in [2.45, 2.75) is 24.8 Å². The van der Waals surface area contributed by atoms with Crippen molar-refractivity contribution in [2.75, 3.05) is 6.54 Å². The van der Waals surface area contributed by atoms with Gasteiger partial charge in [0, 0.05) is 12.7 Å². The Labute approximate surface area is 122 Å². The average Bonchev–Trinajstić information content (AvgIpc) is 2.79. The van der Waals surface area contributed by atoms with Crippen LogP contribution in [0.15, 0.2) is 30.5 Å². The van der Waals surface area contributed by atoms with Crippen molar-refractivity contribution < 1.29 is 4.39 Å². The van der Waals surface area contributed by atoms with Crippen molar-refractivity contribution in [3.63, 3.8) is 0 Å². The van der Waals surface area contributed by atoms with Gasteiger partial charge in [0.15, 0.2) is 0 Å². The van der Waals surface area contributed by atoms with Crippen LogP contribution in [0.5, 0.6) is 0 Å². The van der Waals surface area contributed by atoms with E-state index in [4.69, 9.17) is 11.6 Å². The fraction of sp³-hybridized carbons (Fsp3) is 0.312.